The van der Waals surface area contributed by atoms with Gasteiger partial charge in [-0.2, -0.15) is 14.8 Å². The minimum atomic E-state index is -0.272. The van der Waals surface area contributed by atoms with Gasteiger partial charge >= 0.3 is 0 Å². The Morgan fingerprint density at radius 2 is 1.46 bits per heavy atom. The fourth-order valence-corrected chi connectivity index (χ4v) is 5.29. The molecule has 0 saturated heterocycles. The van der Waals surface area contributed by atoms with E-state index in [-0.39, 0.29) is 5.56 Å². The van der Waals surface area contributed by atoms with Gasteiger partial charge in [0.2, 0.25) is 5.95 Å². The molecule has 192 valence electrons. The van der Waals surface area contributed by atoms with E-state index >= 15 is 0 Å². The number of aromatic nitrogens is 4. The summed E-state index contributed by atoms with van der Waals surface area (Å²) in [5.74, 6) is 0.964. The Morgan fingerprint density at radius 1 is 0.795 bits per heavy atom. The van der Waals surface area contributed by atoms with Crippen molar-refractivity contribution < 1.29 is 0 Å². The van der Waals surface area contributed by atoms with Gasteiger partial charge in [0.05, 0.1) is 11.4 Å². The molecular formula is C30H23ClN6OS. The molecule has 0 radical (unpaired) electrons. The van der Waals surface area contributed by atoms with Crippen molar-refractivity contribution in [2.24, 2.45) is 0 Å². The van der Waals surface area contributed by atoms with Crippen molar-refractivity contribution in [3.8, 4) is 5.69 Å². The number of halogens is 1. The van der Waals surface area contributed by atoms with Crippen molar-refractivity contribution in [2.75, 3.05) is 10.7 Å². The van der Waals surface area contributed by atoms with Crippen molar-refractivity contribution >= 4 is 51.7 Å². The van der Waals surface area contributed by atoms with E-state index in [1.54, 1.807) is 16.8 Å². The van der Waals surface area contributed by atoms with Crippen LogP contribution in [-0.2, 0) is 5.75 Å². The normalized spacial score (nSPS) is 11.0. The molecule has 39 heavy (non-hydrogen) atoms. The van der Waals surface area contributed by atoms with Crippen LogP contribution < -0.4 is 16.3 Å². The maximum atomic E-state index is 14.2. The fourth-order valence-electron chi connectivity index (χ4n) is 4.14. The molecule has 6 aromatic rings. The van der Waals surface area contributed by atoms with Crippen molar-refractivity contribution in [3.63, 3.8) is 0 Å². The van der Waals surface area contributed by atoms with E-state index in [2.05, 4.69) is 22.9 Å². The molecule has 4 aromatic carbocycles. The third-order valence-corrected chi connectivity index (χ3v) is 7.26. The van der Waals surface area contributed by atoms with Gasteiger partial charge in [-0.05, 0) is 48.0 Å². The molecule has 0 aliphatic carbocycles. The highest BCUT2D eigenvalue weighted by Gasteiger charge is 2.22. The van der Waals surface area contributed by atoms with Gasteiger partial charge in [-0.1, -0.05) is 96.2 Å². The summed E-state index contributed by atoms with van der Waals surface area (Å²) in [6.45, 7) is 0. The van der Waals surface area contributed by atoms with Crippen LogP contribution in [0.2, 0.25) is 5.02 Å². The summed E-state index contributed by atoms with van der Waals surface area (Å²) in [7, 11) is 0. The first-order valence-corrected chi connectivity index (χ1v) is 13.6. The minimum absolute atomic E-state index is 0.272. The smallest absolute Gasteiger partial charge is 0.286 e. The quantitative estimate of drug-likeness (QED) is 0.196. The number of para-hydroxylation sites is 2. The average molecular weight is 551 g/mol. The number of nitrogens with zero attached hydrogens (tertiary/aromatic N) is 4. The van der Waals surface area contributed by atoms with Crippen LogP contribution in [-0.4, -0.2) is 19.4 Å². The van der Waals surface area contributed by atoms with E-state index in [0.29, 0.717) is 38.5 Å². The van der Waals surface area contributed by atoms with Gasteiger partial charge < -0.3 is 5.32 Å². The zero-order chi connectivity index (χ0) is 26.6. The second kappa shape index (κ2) is 11.1. The number of hydrogen-bond acceptors (Lipinski definition) is 6. The number of anilines is 3. The molecule has 2 N–H and O–H groups in total. The van der Waals surface area contributed by atoms with E-state index in [0.717, 1.165) is 16.9 Å². The highest BCUT2D eigenvalue weighted by Crippen LogP contribution is 2.30. The van der Waals surface area contributed by atoms with Crippen LogP contribution in [0.15, 0.2) is 125 Å². The second-order valence-electron chi connectivity index (χ2n) is 8.71. The molecular weight excluding hydrogens is 528 g/mol. The van der Waals surface area contributed by atoms with Crippen molar-refractivity contribution in [2.45, 2.75) is 10.8 Å². The summed E-state index contributed by atoms with van der Waals surface area (Å²) in [4.78, 5) is 19.2. The third-order valence-electron chi connectivity index (χ3n) is 5.98. The predicted octanol–water partition coefficient (Wildman–Crippen LogP) is 7.15. The van der Waals surface area contributed by atoms with Gasteiger partial charge in [-0.3, -0.25) is 10.2 Å². The lowest BCUT2D eigenvalue weighted by molar-refractivity contribution is 0.847. The first-order chi connectivity index (χ1) is 19.2. The molecule has 6 rings (SSSR count). The van der Waals surface area contributed by atoms with Gasteiger partial charge in [0, 0.05) is 16.5 Å². The van der Waals surface area contributed by atoms with Crippen LogP contribution >= 0.6 is 23.4 Å². The van der Waals surface area contributed by atoms with Crippen LogP contribution in [0, 0.1) is 0 Å². The van der Waals surface area contributed by atoms with Crippen LogP contribution in [0.5, 0.6) is 0 Å². The average Bonchev–Trinajstić information content (AvgIpc) is 3.34. The first kappa shape index (κ1) is 24.8. The standard InChI is InChI=1S/C30H23ClN6OS/c31-22-13-10-16-24(19-22)32-30-33-27-26(29(38)37(30)34-23-14-6-2-7-15-23)28(39-20-21-11-4-1-5-12-21)35-36(27)25-17-8-3-9-18-25/h1-19,34H,20H2,(H,32,33). The molecule has 0 spiro atoms. The lowest BCUT2D eigenvalue weighted by Crippen LogP contribution is -2.30. The van der Waals surface area contributed by atoms with Crippen LogP contribution in [0.4, 0.5) is 17.3 Å². The number of fused-ring (bicyclic) bond motifs is 1. The molecule has 0 unspecified atom stereocenters. The number of hydrogen-bond donors (Lipinski definition) is 2. The maximum absolute atomic E-state index is 14.2. The van der Waals surface area contributed by atoms with E-state index in [4.69, 9.17) is 21.7 Å². The Morgan fingerprint density at radius 3 is 2.18 bits per heavy atom. The molecule has 7 nitrogen and oxygen atoms in total. The molecule has 0 amide bonds. The van der Waals surface area contributed by atoms with Gasteiger partial charge in [0.15, 0.2) is 5.65 Å². The topological polar surface area (TPSA) is 76.8 Å². The van der Waals surface area contributed by atoms with Gasteiger partial charge in [0.1, 0.15) is 10.4 Å². The van der Waals surface area contributed by atoms with Crippen molar-refractivity contribution in [1.82, 2.24) is 19.4 Å². The SMILES string of the molecule is O=c1c2c(SCc3ccccc3)nn(-c3ccccc3)c2nc(Nc2cccc(Cl)c2)n1Nc1ccccc1. The number of rotatable bonds is 8. The lowest BCUT2D eigenvalue weighted by atomic mass is 10.2. The number of nitrogens with one attached hydrogen (secondary N) is 2. The van der Waals surface area contributed by atoms with Gasteiger partial charge in [-0.25, -0.2) is 4.68 Å². The molecule has 2 aromatic heterocycles. The second-order valence-corrected chi connectivity index (χ2v) is 10.1. The van der Waals surface area contributed by atoms with E-state index in [9.17, 15) is 4.79 Å². The zero-order valence-corrected chi connectivity index (χ0v) is 22.2. The van der Waals surface area contributed by atoms with Crippen LogP contribution in [0.3, 0.4) is 0 Å². The monoisotopic (exact) mass is 550 g/mol. The Kier molecular flexibility index (Phi) is 7.03. The summed E-state index contributed by atoms with van der Waals surface area (Å²) < 4.78 is 3.14. The fraction of sp³-hybridized carbons (Fsp3) is 0.0333. The van der Waals surface area contributed by atoms with E-state index in [1.807, 2.05) is 91.0 Å². The lowest BCUT2D eigenvalue weighted by Gasteiger charge is -2.16. The van der Waals surface area contributed by atoms with E-state index < -0.39 is 0 Å². The molecule has 0 atom stereocenters. The molecule has 0 bridgehead atoms. The molecule has 0 aliphatic heterocycles. The Balaban J connectivity index is 1.54. The van der Waals surface area contributed by atoms with Crippen molar-refractivity contribution in [1.29, 1.82) is 0 Å². The highest BCUT2D eigenvalue weighted by molar-refractivity contribution is 7.98. The molecule has 0 aliphatic rings. The Bertz CT molecular complexity index is 1790. The summed E-state index contributed by atoms with van der Waals surface area (Å²) in [6.07, 6.45) is 0. The highest BCUT2D eigenvalue weighted by atomic mass is 35.5. The Hall–Kier alpha value is -4.53. The minimum Gasteiger partial charge on any atom is -0.324 e. The Labute approximate surface area is 234 Å². The number of benzene rings is 4. The van der Waals surface area contributed by atoms with Crippen LogP contribution in [0.25, 0.3) is 16.7 Å². The molecule has 2 heterocycles. The summed E-state index contributed by atoms with van der Waals surface area (Å²) in [5, 5.41) is 9.75. The third kappa shape index (κ3) is 5.38. The van der Waals surface area contributed by atoms with Gasteiger partial charge in [-0.15, -0.1) is 0 Å². The largest absolute Gasteiger partial charge is 0.324 e. The number of thioether (sulfide) groups is 1. The predicted molar refractivity (Wildman–Crippen MR) is 159 cm³/mol. The van der Waals surface area contributed by atoms with Crippen molar-refractivity contribution in [3.05, 3.63) is 136 Å². The van der Waals surface area contributed by atoms with Gasteiger partial charge in [0.25, 0.3) is 5.56 Å². The summed E-state index contributed by atoms with van der Waals surface area (Å²) in [5.41, 5.74) is 6.78. The summed E-state index contributed by atoms with van der Waals surface area (Å²) >= 11 is 7.75. The molecule has 9 heteroatoms. The molecule has 0 fully saturated rings. The molecule has 0 saturated carbocycles. The zero-order valence-electron chi connectivity index (χ0n) is 20.7. The maximum Gasteiger partial charge on any atom is 0.286 e. The summed E-state index contributed by atoms with van der Waals surface area (Å²) in [6, 6.07) is 36.6. The van der Waals surface area contributed by atoms with E-state index in [1.165, 1.54) is 16.4 Å². The van der Waals surface area contributed by atoms with Crippen LogP contribution in [0.1, 0.15) is 5.56 Å². The first-order valence-electron chi connectivity index (χ1n) is 12.3.